The summed E-state index contributed by atoms with van der Waals surface area (Å²) in [6.07, 6.45) is 3.21. The summed E-state index contributed by atoms with van der Waals surface area (Å²) in [7, 11) is 3.13. The summed E-state index contributed by atoms with van der Waals surface area (Å²) in [5.74, 6) is 1.23. The van der Waals surface area contributed by atoms with Gasteiger partial charge in [0.15, 0.2) is 17.1 Å². The van der Waals surface area contributed by atoms with Crippen LogP contribution in [0.25, 0.3) is 17.0 Å². The number of hydrogen-bond acceptors (Lipinski definition) is 4. The average molecular weight is 393 g/mol. The average Bonchev–Trinajstić information content (AvgIpc) is 2.97. The molecule has 26 heavy (non-hydrogen) atoms. The fourth-order valence-corrected chi connectivity index (χ4v) is 2.71. The van der Waals surface area contributed by atoms with Crippen LogP contribution in [0.2, 0.25) is 5.02 Å². The highest BCUT2D eigenvalue weighted by Crippen LogP contribution is 2.36. The molecule has 0 saturated heterocycles. The predicted octanol–water partition coefficient (Wildman–Crippen LogP) is 5.73. The Bertz CT molecular complexity index is 956. The first kappa shape index (κ1) is 19.9. The molecule has 0 atom stereocenters. The second-order valence-electron chi connectivity index (χ2n) is 5.51. The zero-order valence-electron chi connectivity index (χ0n) is 14.5. The van der Waals surface area contributed by atoms with Crippen molar-refractivity contribution in [1.82, 2.24) is 0 Å². The minimum Gasteiger partial charge on any atom is -0.497 e. The van der Waals surface area contributed by atoms with Gasteiger partial charge in [0.25, 0.3) is 0 Å². The maximum atomic E-state index is 12.6. The Hall–Kier alpha value is -2.43. The summed E-state index contributed by atoms with van der Waals surface area (Å²) in [6.45, 7) is 1.84. The quantitative estimate of drug-likeness (QED) is 0.410. The number of hydrogen-bond donors (Lipinski definition) is 0. The number of aryl methyl sites for hydroxylation is 1. The Balaban J connectivity index is 0.00000243. The zero-order chi connectivity index (χ0) is 18.0. The molecule has 0 aliphatic carbocycles. The van der Waals surface area contributed by atoms with Gasteiger partial charge in [-0.15, -0.1) is 12.4 Å². The molecule has 0 aliphatic heterocycles. The third kappa shape index (κ3) is 3.87. The number of ether oxygens (including phenoxy) is 2. The highest BCUT2D eigenvalue weighted by atomic mass is 35.5. The van der Waals surface area contributed by atoms with Crippen LogP contribution in [-0.4, -0.2) is 20.0 Å². The summed E-state index contributed by atoms with van der Waals surface area (Å²) in [6, 6.07) is 10.8. The molecule has 2 aromatic carbocycles. The number of allylic oxidation sites excluding steroid dienone is 1. The van der Waals surface area contributed by atoms with Gasteiger partial charge in [0.05, 0.1) is 14.2 Å². The van der Waals surface area contributed by atoms with Gasteiger partial charge in [-0.25, -0.2) is 0 Å². The molecule has 136 valence electrons. The summed E-state index contributed by atoms with van der Waals surface area (Å²) in [5.41, 5.74) is 2.16. The molecular weight excluding hydrogens is 375 g/mol. The van der Waals surface area contributed by atoms with Crippen molar-refractivity contribution in [2.24, 2.45) is 0 Å². The lowest BCUT2D eigenvalue weighted by atomic mass is 10.1. The van der Waals surface area contributed by atoms with Gasteiger partial charge in [-0.1, -0.05) is 29.8 Å². The van der Waals surface area contributed by atoms with Crippen molar-refractivity contribution in [3.63, 3.8) is 0 Å². The van der Waals surface area contributed by atoms with Crippen LogP contribution in [-0.2, 0) is 0 Å². The molecule has 0 bridgehead atoms. The molecule has 0 radical (unpaired) electrons. The van der Waals surface area contributed by atoms with Gasteiger partial charge in [-0.3, -0.25) is 4.79 Å². The number of furan rings is 1. The molecule has 4 nitrogen and oxygen atoms in total. The van der Waals surface area contributed by atoms with Crippen molar-refractivity contribution in [1.29, 1.82) is 0 Å². The Labute approximate surface area is 162 Å². The number of carbonyl (C=O) groups excluding carboxylic acids is 1. The SMILES string of the molecule is COc1cc(OC)c2oc(C(=O)C=Cc3ccc(Cl)cc3)c(C)c2c1.Cl. The van der Waals surface area contributed by atoms with E-state index in [0.717, 1.165) is 16.5 Å². The minimum absolute atomic E-state index is 0. The molecule has 0 unspecified atom stereocenters. The number of rotatable bonds is 5. The molecular formula is C20H18Cl2O4. The molecule has 0 saturated carbocycles. The van der Waals surface area contributed by atoms with Gasteiger partial charge >= 0.3 is 0 Å². The lowest BCUT2D eigenvalue weighted by molar-refractivity contribution is 0.102. The van der Waals surface area contributed by atoms with Crippen LogP contribution >= 0.6 is 24.0 Å². The third-order valence-electron chi connectivity index (χ3n) is 3.95. The molecule has 0 N–H and O–H groups in total. The fourth-order valence-electron chi connectivity index (χ4n) is 2.59. The van der Waals surface area contributed by atoms with Crippen LogP contribution in [0.1, 0.15) is 21.7 Å². The van der Waals surface area contributed by atoms with E-state index in [-0.39, 0.29) is 24.0 Å². The fraction of sp³-hybridized carbons (Fsp3) is 0.150. The first-order valence-corrected chi connectivity index (χ1v) is 8.04. The second kappa shape index (κ2) is 8.30. The maximum absolute atomic E-state index is 12.6. The number of fused-ring (bicyclic) bond motifs is 1. The van der Waals surface area contributed by atoms with Crippen molar-refractivity contribution in [2.75, 3.05) is 14.2 Å². The van der Waals surface area contributed by atoms with Gasteiger partial charge < -0.3 is 13.9 Å². The summed E-state index contributed by atoms with van der Waals surface area (Å²) in [5, 5.41) is 1.44. The number of methoxy groups -OCH3 is 2. The lowest BCUT2D eigenvalue weighted by Crippen LogP contribution is -1.93. The third-order valence-corrected chi connectivity index (χ3v) is 4.21. The Morgan fingerprint density at radius 1 is 1.12 bits per heavy atom. The van der Waals surface area contributed by atoms with Crippen molar-refractivity contribution < 1.29 is 18.7 Å². The van der Waals surface area contributed by atoms with E-state index >= 15 is 0 Å². The van der Waals surface area contributed by atoms with E-state index < -0.39 is 0 Å². The molecule has 0 amide bonds. The molecule has 0 spiro atoms. The van der Waals surface area contributed by atoms with Crippen LogP contribution in [0.3, 0.4) is 0 Å². The standard InChI is InChI=1S/C20H17ClO4.ClH/c1-12-16-10-15(23-2)11-18(24-3)20(16)25-19(12)17(22)9-6-13-4-7-14(21)8-5-13;/h4-11H,1-3H3;1H. The summed E-state index contributed by atoms with van der Waals surface area (Å²) in [4.78, 5) is 12.6. The Kier molecular flexibility index (Phi) is 6.35. The molecule has 3 rings (SSSR count). The van der Waals surface area contributed by atoms with Gasteiger partial charge in [0, 0.05) is 22.0 Å². The molecule has 6 heteroatoms. The highest BCUT2D eigenvalue weighted by Gasteiger charge is 2.19. The molecule has 1 aromatic heterocycles. The molecule has 0 fully saturated rings. The van der Waals surface area contributed by atoms with Crippen molar-refractivity contribution >= 4 is 46.8 Å². The van der Waals surface area contributed by atoms with E-state index in [1.807, 2.05) is 25.1 Å². The molecule has 3 aromatic rings. The summed E-state index contributed by atoms with van der Waals surface area (Å²) < 4.78 is 16.4. The van der Waals surface area contributed by atoms with Gasteiger partial charge in [-0.2, -0.15) is 0 Å². The first-order valence-electron chi connectivity index (χ1n) is 7.66. The number of carbonyl (C=O) groups is 1. The Morgan fingerprint density at radius 3 is 2.42 bits per heavy atom. The topological polar surface area (TPSA) is 48.7 Å². The second-order valence-corrected chi connectivity index (χ2v) is 5.95. The van der Waals surface area contributed by atoms with Crippen LogP contribution in [0.4, 0.5) is 0 Å². The van der Waals surface area contributed by atoms with Crippen molar-refractivity contribution in [2.45, 2.75) is 6.92 Å². The number of ketones is 1. The van der Waals surface area contributed by atoms with Gasteiger partial charge in [0.2, 0.25) is 5.78 Å². The van der Waals surface area contributed by atoms with Crippen molar-refractivity contribution in [3.05, 3.63) is 64.4 Å². The molecule has 1 heterocycles. The van der Waals surface area contributed by atoms with E-state index in [1.54, 1.807) is 38.5 Å². The molecule has 0 aliphatic rings. The summed E-state index contributed by atoms with van der Waals surface area (Å²) >= 11 is 5.86. The minimum atomic E-state index is -0.218. The van der Waals surface area contributed by atoms with E-state index in [4.69, 9.17) is 25.5 Å². The van der Waals surface area contributed by atoms with E-state index in [9.17, 15) is 4.79 Å². The monoisotopic (exact) mass is 392 g/mol. The smallest absolute Gasteiger partial charge is 0.221 e. The van der Waals surface area contributed by atoms with Crippen LogP contribution in [0.5, 0.6) is 11.5 Å². The zero-order valence-corrected chi connectivity index (χ0v) is 16.1. The van der Waals surface area contributed by atoms with Crippen molar-refractivity contribution in [3.8, 4) is 11.5 Å². The normalized spacial score (nSPS) is 10.8. The van der Waals surface area contributed by atoms with E-state index in [0.29, 0.717) is 22.1 Å². The lowest BCUT2D eigenvalue weighted by Gasteiger charge is -2.04. The maximum Gasteiger partial charge on any atom is 0.221 e. The van der Waals surface area contributed by atoms with Crippen LogP contribution < -0.4 is 9.47 Å². The number of benzene rings is 2. The number of halogens is 2. The van der Waals surface area contributed by atoms with Crippen LogP contribution in [0.15, 0.2) is 46.9 Å². The van der Waals surface area contributed by atoms with E-state index in [1.165, 1.54) is 6.08 Å². The largest absolute Gasteiger partial charge is 0.497 e. The highest BCUT2D eigenvalue weighted by molar-refractivity contribution is 6.30. The van der Waals surface area contributed by atoms with Crippen LogP contribution in [0, 0.1) is 6.92 Å². The first-order chi connectivity index (χ1) is 12.0. The van der Waals surface area contributed by atoms with Gasteiger partial charge in [0.1, 0.15) is 5.75 Å². The van der Waals surface area contributed by atoms with E-state index in [2.05, 4.69) is 0 Å². The van der Waals surface area contributed by atoms with Gasteiger partial charge in [-0.05, 0) is 36.8 Å². The predicted molar refractivity (Wildman–Crippen MR) is 106 cm³/mol. The Morgan fingerprint density at radius 2 is 1.81 bits per heavy atom.